The predicted molar refractivity (Wildman–Crippen MR) is 83.4 cm³/mol. The van der Waals surface area contributed by atoms with Crippen molar-refractivity contribution in [2.24, 2.45) is 5.92 Å². The maximum Gasteiger partial charge on any atom is 0.0701 e. The Bertz CT molecular complexity index is 187. The first-order valence-corrected chi connectivity index (χ1v) is 7.82. The first-order valence-electron chi connectivity index (χ1n) is 7.82. The van der Waals surface area contributed by atoms with Gasteiger partial charge in [-0.25, -0.2) is 0 Å². The lowest BCUT2D eigenvalue weighted by Gasteiger charge is -2.10. The zero-order valence-electron chi connectivity index (χ0n) is 13.5. The van der Waals surface area contributed by atoms with Gasteiger partial charge < -0.3 is 24.3 Å². The van der Waals surface area contributed by atoms with E-state index in [0.717, 1.165) is 32.2 Å². The summed E-state index contributed by atoms with van der Waals surface area (Å²) >= 11 is 0. The zero-order chi connectivity index (χ0) is 14.9. The molecule has 0 saturated heterocycles. The lowest BCUT2D eigenvalue weighted by atomic mass is 10.1. The molecule has 0 saturated carbocycles. The number of hydrogen-bond acceptors (Lipinski definition) is 5. The second-order valence-electron chi connectivity index (χ2n) is 4.75. The van der Waals surface area contributed by atoms with Gasteiger partial charge >= 0.3 is 0 Å². The van der Waals surface area contributed by atoms with Crippen LogP contribution in [0.15, 0.2) is 0 Å². The van der Waals surface area contributed by atoms with Crippen molar-refractivity contribution >= 4 is 0 Å². The molecule has 0 aliphatic carbocycles. The molecule has 0 aliphatic rings. The molecule has 0 aromatic rings. The van der Waals surface area contributed by atoms with Crippen LogP contribution in [0.25, 0.3) is 0 Å². The van der Waals surface area contributed by atoms with Gasteiger partial charge in [0.05, 0.1) is 46.2 Å². The summed E-state index contributed by atoms with van der Waals surface area (Å²) in [5, 5.41) is 3.37. The third-order valence-corrected chi connectivity index (χ3v) is 2.93. The van der Waals surface area contributed by atoms with E-state index in [2.05, 4.69) is 19.2 Å². The van der Waals surface area contributed by atoms with Crippen LogP contribution in [-0.4, -0.2) is 65.9 Å². The van der Waals surface area contributed by atoms with Crippen molar-refractivity contribution in [1.29, 1.82) is 0 Å². The largest absolute Gasteiger partial charge is 0.379 e. The average molecular weight is 293 g/mol. The third kappa shape index (κ3) is 15.9. The van der Waals surface area contributed by atoms with Crippen LogP contribution in [0.5, 0.6) is 0 Å². The van der Waals surface area contributed by atoms with Crippen LogP contribution < -0.4 is 5.32 Å². The molecule has 0 amide bonds. The summed E-state index contributed by atoms with van der Waals surface area (Å²) < 4.78 is 21.3. The van der Waals surface area contributed by atoms with Gasteiger partial charge in [-0.3, -0.25) is 0 Å². The van der Waals surface area contributed by atoms with Crippen LogP contribution in [-0.2, 0) is 18.9 Å². The summed E-state index contributed by atoms with van der Waals surface area (Å²) in [6.45, 7) is 13.7. The molecule has 124 valence electrons. The van der Waals surface area contributed by atoms with E-state index in [1.165, 1.54) is 6.42 Å². The van der Waals surface area contributed by atoms with Gasteiger partial charge in [0.15, 0.2) is 0 Å². The first kappa shape index (κ1) is 19.8. The standard InChI is InChI=1S/C15H33NO4.H2/c1-4-15(3)14-16-6-7-18-10-11-20-13-12-19-9-8-17-5-2;/h15-16H,4-14H2,1-3H3;1H. The van der Waals surface area contributed by atoms with Crippen LogP contribution in [0.2, 0.25) is 0 Å². The topological polar surface area (TPSA) is 49.0 Å². The minimum Gasteiger partial charge on any atom is -0.379 e. The van der Waals surface area contributed by atoms with E-state index in [4.69, 9.17) is 18.9 Å². The van der Waals surface area contributed by atoms with Crippen molar-refractivity contribution in [2.45, 2.75) is 27.2 Å². The van der Waals surface area contributed by atoms with E-state index >= 15 is 0 Å². The van der Waals surface area contributed by atoms with Crippen LogP contribution in [0.1, 0.15) is 28.6 Å². The molecule has 1 atom stereocenters. The van der Waals surface area contributed by atoms with Gasteiger partial charge in [0.2, 0.25) is 0 Å². The van der Waals surface area contributed by atoms with Crippen molar-refractivity contribution in [3.63, 3.8) is 0 Å². The molecule has 0 aliphatic heterocycles. The molecule has 1 unspecified atom stereocenters. The Kier molecular flexibility index (Phi) is 16.7. The molecule has 1 N–H and O–H groups in total. The third-order valence-electron chi connectivity index (χ3n) is 2.93. The molecule has 0 heterocycles. The highest BCUT2D eigenvalue weighted by Crippen LogP contribution is 1.96. The van der Waals surface area contributed by atoms with Gasteiger partial charge in [0.1, 0.15) is 0 Å². The van der Waals surface area contributed by atoms with Crippen LogP contribution in [0.4, 0.5) is 0 Å². The monoisotopic (exact) mass is 293 g/mol. The SMILES string of the molecule is CCOCCOCCOCCOCCNCC(C)CC.[HH]. The first-order chi connectivity index (χ1) is 9.81. The smallest absolute Gasteiger partial charge is 0.0701 e. The molecular formula is C15H35NO4. The second-order valence-corrected chi connectivity index (χ2v) is 4.75. The Labute approximate surface area is 125 Å². The summed E-state index contributed by atoms with van der Waals surface area (Å²) in [7, 11) is 0. The van der Waals surface area contributed by atoms with Gasteiger partial charge in [-0.05, 0) is 19.4 Å². The number of rotatable bonds is 16. The Morgan fingerprint density at radius 2 is 1.30 bits per heavy atom. The van der Waals surface area contributed by atoms with E-state index in [1.54, 1.807) is 0 Å². The molecule has 0 radical (unpaired) electrons. The fourth-order valence-corrected chi connectivity index (χ4v) is 1.44. The van der Waals surface area contributed by atoms with Gasteiger partial charge in [-0.1, -0.05) is 20.3 Å². The zero-order valence-corrected chi connectivity index (χ0v) is 13.5. The fourth-order valence-electron chi connectivity index (χ4n) is 1.44. The van der Waals surface area contributed by atoms with Crippen molar-refractivity contribution in [3.8, 4) is 0 Å². The normalized spacial score (nSPS) is 12.8. The summed E-state index contributed by atoms with van der Waals surface area (Å²) in [5.41, 5.74) is 0. The lowest BCUT2D eigenvalue weighted by molar-refractivity contribution is -0.000134. The highest BCUT2D eigenvalue weighted by molar-refractivity contribution is 4.53. The Hall–Kier alpha value is -0.200. The van der Waals surface area contributed by atoms with Crippen LogP contribution in [0, 0.1) is 5.92 Å². The summed E-state index contributed by atoms with van der Waals surface area (Å²) in [6, 6.07) is 0. The van der Waals surface area contributed by atoms with E-state index in [-0.39, 0.29) is 1.43 Å². The van der Waals surface area contributed by atoms with Crippen molar-refractivity contribution in [3.05, 3.63) is 0 Å². The summed E-state index contributed by atoms with van der Waals surface area (Å²) in [6.07, 6.45) is 1.22. The molecule has 0 spiro atoms. The lowest BCUT2D eigenvalue weighted by Crippen LogP contribution is -2.25. The van der Waals surface area contributed by atoms with Gasteiger partial charge in [-0.2, -0.15) is 0 Å². The van der Waals surface area contributed by atoms with E-state index in [0.29, 0.717) is 39.6 Å². The summed E-state index contributed by atoms with van der Waals surface area (Å²) in [5.74, 6) is 0.737. The molecule has 0 aromatic carbocycles. The molecule has 0 bridgehead atoms. The number of ether oxygens (including phenoxy) is 4. The molecule has 0 fully saturated rings. The highest BCUT2D eigenvalue weighted by atomic mass is 16.6. The molecule has 20 heavy (non-hydrogen) atoms. The van der Waals surface area contributed by atoms with E-state index in [1.807, 2.05) is 6.92 Å². The minimum absolute atomic E-state index is 0. The van der Waals surface area contributed by atoms with Crippen LogP contribution in [0.3, 0.4) is 0 Å². The van der Waals surface area contributed by atoms with Gasteiger partial charge in [0.25, 0.3) is 0 Å². The Morgan fingerprint density at radius 3 is 1.80 bits per heavy atom. The molecule has 0 rings (SSSR count). The molecule has 5 nitrogen and oxygen atoms in total. The summed E-state index contributed by atoms with van der Waals surface area (Å²) in [4.78, 5) is 0. The minimum atomic E-state index is 0. The highest BCUT2D eigenvalue weighted by Gasteiger charge is 1.97. The fraction of sp³-hybridized carbons (Fsp3) is 1.00. The number of hydrogen-bond donors (Lipinski definition) is 1. The quantitative estimate of drug-likeness (QED) is 0.441. The maximum absolute atomic E-state index is 5.46. The van der Waals surface area contributed by atoms with Gasteiger partial charge in [-0.15, -0.1) is 0 Å². The number of nitrogens with one attached hydrogen (secondary N) is 1. The van der Waals surface area contributed by atoms with Gasteiger partial charge in [0, 0.05) is 14.6 Å². The second kappa shape index (κ2) is 16.9. The molecule has 5 heteroatoms. The molecular weight excluding hydrogens is 258 g/mol. The average Bonchev–Trinajstić information content (AvgIpc) is 2.47. The van der Waals surface area contributed by atoms with Crippen LogP contribution >= 0.6 is 0 Å². The Balaban J connectivity index is 0. The molecule has 0 aromatic heterocycles. The maximum atomic E-state index is 5.46. The van der Waals surface area contributed by atoms with Crippen molar-refractivity contribution < 1.29 is 20.4 Å². The Morgan fingerprint density at radius 1 is 0.800 bits per heavy atom. The van der Waals surface area contributed by atoms with Crippen molar-refractivity contribution in [2.75, 3.05) is 65.9 Å². The predicted octanol–water partition coefficient (Wildman–Crippen LogP) is 1.95. The van der Waals surface area contributed by atoms with E-state index in [9.17, 15) is 0 Å². The van der Waals surface area contributed by atoms with E-state index < -0.39 is 0 Å². The van der Waals surface area contributed by atoms with Crippen molar-refractivity contribution in [1.82, 2.24) is 5.32 Å².